The lowest BCUT2D eigenvalue weighted by atomic mass is 10.1. The zero-order valence-corrected chi connectivity index (χ0v) is 11.1. The minimum atomic E-state index is -4.36. The second-order valence-electron chi connectivity index (χ2n) is 4.34. The molecule has 0 saturated heterocycles. The zero-order valence-electron chi connectivity index (χ0n) is 11.1. The van der Waals surface area contributed by atoms with Gasteiger partial charge in [0.2, 0.25) is 5.89 Å². The second-order valence-corrected chi connectivity index (χ2v) is 4.34. The fraction of sp³-hybridized carbons (Fsp3) is 0.385. The largest absolute Gasteiger partial charge is 0.416 e. The smallest absolute Gasteiger partial charge is 0.376 e. The van der Waals surface area contributed by atoms with Crippen LogP contribution in [0.5, 0.6) is 0 Å². The summed E-state index contributed by atoms with van der Waals surface area (Å²) in [5, 5.41) is 6.55. The normalized spacial score (nSPS) is 11.7. The lowest BCUT2D eigenvalue weighted by molar-refractivity contribution is -0.138. The van der Waals surface area contributed by atoms with Crippen molar-refractivity contribution in [3.8, 4) is 0 Å². The molecule has 1 heterocycles. The van der Waals surface area contributed by atoms with Crippen LogP contribution in [-0.4, -0.2) is 10.1 Å². The Bertz CT molecular complexity index is 593. The first kappa shape index (κ1) is 14.4. The molecule has 1 N–H and O–H groups in total. The van der Waals surface area contributed by atoms with Crippen LogP contribution >= 0.6 is 0 Å². The molecule has 2 aromatic rings. The maximum atomic E-state index is 12.8. The van der Waals surface area contributed by atoms with Crippen LogP contribution in [-0.2, 0) is 19.1 Å². The van der Waals surface area contributed by atoms with E-state index >= 15 is 0 Å². The summed E-state index contributed by atoms with van der Waals surface area (Å²) in [6.07, 6.45) is -3.71. The third kappa shape index (κ3) is 3.28. The van der Waals surface area contributed by atoms with Crippen molar-refractivity contribution >= 4 is 5.69 Å². The summed E-state index contributed by atoms with van der Waals surface area (Å²) >= 11 is 0. The molecule has 0 spiro atoms. The molecule has 0 radical (unpaired) electrons. The van der Waals surface area contributed by atoms with Gasteiger partial charge in [-0.3, -0.25) is 0 Å². The van der Waals surface area contributed by atoms with Crippen LogP contribution in [0.2, 0.25) is 0 Å². The van der Waals surface area contributed by atoms with Gasteiger partial charge in [0.05, 0.1) is 12.1 Å². The predicted octanol–water partition coefficient (Wildman–Crippen LogP) is 3.57. The summed E-state index contributed by atoms with van der Waals surface area (Å²) < 4.78 is 43.3. The van der Waals surface area contributed by atoms with Gasteiger partial charge in [-0.1, -0.05) is 18.1 Å². The van der Waals surface area contributed by atoms with Crippen LogP contribution in [0.3, 0.4) is 0 Å². The lowest BCUT2D eigenvalue weighted by Gasteiger charge is -2.12. The van der Waals surface area contributed by atoms with Gasteiger partial charge in [0.15, 0.2) is 5.82 Å². The van der Waals surface area contributed by atoms with Crippen molar-refractivity contribution in [2.24, 2.45) is 0 Å². The average Bonchev–Trinajstić information content (AvgIpc) is 2.84. The van der Waals surface area contributed by atoms with Crippen molar-refractivity contribution in [2.45, 2.75) is 33.0 Å². The maximum Gasteiger partial charge on any atom is 0.416 e. The molecular formula is C13H14F3N3O. The number of aromatic nitrogens is 2. The highest BCUT2D eigenvalue weighted by molar-refractivity contribution is 5.49. The molecule has 7 heteroatoms. The van der Waals surface area contributed by atoms with Crippen molar-refractivity contribution < 1.29 is 17.7 Å². The summed E-state index contributed by atoms with van der Waals surface area (Å²) in [7, 11) is 0. The third-order valence-electron chi connectivity index (χ3n) is 2.81. The van der Waals surface area contributed by atoms with Gasteiger partial charge in [-0.05, 0) is 24.6 Å². The van der Waals surface area contributed by atoms with E-state index in [2.05, 4.69) is 15.5 Å². The van der Waals surface area contributed by atoms with E-state index in [0.717, 1.165) is 6.07 Å². The molecule has 0 aliphatic rings. The number of rotatable bonds is 4. The number of hydrogen-bond donors (Lipinski definition) is 1. The minimum Gasteiger partial charge on any atom is -0.376 e. The van der Waals surface area contributed by atoms with Gasteiger partial charge in [0.1, 0.15) is 0 Å². The van der Waals surface area contributed by atoms with E-state index in [0.29, 0.717) is 23.8 Å². The molecule has 2 rings (SSSR count). The molecule has 0 aliphatic heterocycles. The fourth-order valence-corrected chi connectivity index (χ4v) is 1.72. The molecule has 20 heavy (non-hydrogen) atoms. The summed E-state index contributed by atoms with van der Waals surface area (Å²) in [4.78, 5) is 4.07. The SMILES string of the molecule is CCc1noc(CNc2ccc(C)c(C(F)(F)F)c2)n1. The monoisotopic (exact) mass is 285 g/mol. The van der Waals surface area contributed by atoms with E-state index in [9.17, 15) is 13.2 Å². The van der Waals surface area contributed by atoms with Crippen LogP contribution in [0, 0.1) is 6.92 Å². The van der Waals surface area contributed by atoms with E-state index in [1.54, 1.807) is 6.07 Å². The van der Waals surface area contributed by atoms with E-state index in [-0.39, 0.29) is 12.1 Å². The van der Waals surface area contributed by atoms with Crippen molar-refractivity contribution in [3.05, 3.63) is 41.0 Å². The molecular weight excluding hydrogens is 271 g/mol. The molecule has 108 valence electrons. The number of anilines is 1. The molecule has 4 nitrogen and oxygen atoms in total. The molecule has 0 saturated carbocycles. The van der Waals surface area contributed by atoms with Gasteiger partial charge in [-0.2, -0.15) is 18.2 Å². The zero-order chi connectivity index (χ0) is 14.8. The first-order chi connectivity index (χ1) is 9.40. The summed E-state index contributed by atoms with van der Waals surface area (Å²) in [6.45, 7) is 3.50. The Labute approximate surface area is 114 Å². The Balaban J connectivity index is 2.10. The van der Waals surface area contributed by atoms with Crippen molar-refractivity contribution in [3.63, 3.8) is 0 Å². The average molecular weight is 285 g/mol. The summed E-state index contributed by atoms with van der Waals surface area (Å²) in [6, 6.07) is 4.09. The van der Waals surface area contributed by atoms with E-state index < -0.39 is 11.7 Å². The summed E-state index contributed by atoms with van der Waals surface area (Å²) in [5.41, 5.74) is -0.101. The number of nitrogens with zero attached hydrogens (tertiary/aromatic N) is 2. The van der Waals surface area contributed by atoms with Gasteiger partial charge in [0.25, 0.3) is 0 Å². The minimum absolute atomic E-state index is 0.188. The lowest BCUT2D eigenvalue weighted by Crippen LogP contribution is -2.09. The standard InChI is InChI=1S/C13H14F3N3O/c1-3-11-18-12(20-19-11)7-17-9-5-4-8(2)10(6-9)13(14,15)16/h4-6,17H,3,7H2,1-2H3. The van der Waals surface area contributed by atoms with Crippen LogP contribution < -0.4 is 5.32 Å². The highest BCUT2D eigenvalue weighted by Crippen LogP contribution is 2.33. The predicted molar refractivity (Wildman–Crippen MR) is 67.2 cm³/mol. The van der Waals surface area contributed by atoms with Crippen molar-refractivity contribution in [1.82, 2.24) is 10.1 Å². The number of benzene rings is 1. The number of aryl methyl sites for hydroxylation is 2. The molecule has 0 aliphatic carbocycles. The highest BCUT2D eigenvalue weighted by atomic mass is 19.4. The first-order valence-electron chi connectivity index (χ1n) is 6.13. The van der Waals surface area contributed by atoms with E-state index in [1.807, 2.05) is 6.92 Å². The van der Waals surface area contributed by atoms with Crippen LogP contribution in [0.15, 0.2) is 22.7 Å². The topological polar surface area (TPSA) is 51.0 Å². The Morgan fingerprint density at radius 3 is 2.65 bits per heavy atom. The molecule has 0 amide bonds. The molecule has 1 aromatic heterocycles. The van der Waals surface area contributed by atoms with Gasteiger partial charge in [-0.25, -0.2) is 0 Å². The first-order valence-corrected chi connectivity index (χ1v) is 6.13. The number of nitrogens with one attached hydrogen (secondary N) is 1. The highest BCUT2D eigenvalue weighted by Gasteiger charge is 2.32. The quantitative estimate of drug-likeness (QED) is 0.933. The Hall–Kier alpha value is -2.05. The van der Waals surface area contributed by atoms with Crippen LogP contribution in [0.1, 0.15) is 29.8 Å². The fourth-order valence-electron chi connectivity index (χ4n) is 1.72. The Kier molecular flexibility index (Phi) is 3.96. The van der Waals surface area contributed by atoms with E-state index in [1.165, 1.54) is 13.0 Å². The van der Waals surface area contributed by atoms with Gasteiger partial charge >= 0.3 is 6.18 Å². The Morgan fingerprint density at radius 1 is 1.30 bits per heavy atom. The molecule has 0 unspecified atom stereocenters. The molecule has 0 bridgehead atoms. The van der Waals surface area contributed by atoms with Crippen molar-refractivity contribution in [2.75, 3.05) is 5.32 Å². The van der Waals surface area contributed by atoms with Gasteiger partial charge in [-0.15, -0.1) is 0 Å². The number of alkyl halides is 3. The second kappa shape index (κ2) is 5.52. The summed E-state index contributed by atoms with van der Waals surface area (Å²) in [5.74, 6) is 0.915. The molecule has 0 fully saturated rings. The molecule has 0 atom stereocenters. The van der Waals surface area contributed by atoms with Crippen LogP contribution in [0.4, 0.5) is 18.9 Å². The van der Waals surface area contributed by atoms with E-state index in [4.69, 9.17) is 4.52 Å². The number of hydrogen-bond acceptors (Lipinski definition) is 4. The van der Waals surface area contributed by atoms with Gasteiger partial charge in [0, 0.05) is 12.1 Å². The van der Waals surface area contributed by atoms with Gasteiger partial charge < -0.3 is 9.84 Å². The maximum absolute atomic E-state index is 12.8. The third-order valence-corrected chi connectivity index (χ3v) is 2.81. The van der Waals surface area contributed by atoms with Crippen molar-refractivity contribution in [1.29, 1.82) is 0 Å². The molecule has 1 aromatic carbocycles. The number of halogens is 3. The van der Waals surface area contributed by atoms with Crippen LogP contribution in [0.25, 0.3) is 0 Å². The Morgan fingerprint density at radius 2 is 2.05 bits per heavy atom.